The molecule has 17 heteroatoms. The number of carbonyl (C=O) groups is 2. The molecule has 14 nitrogen and oxygen atoms in total. The number of hydrogen-bond donors (Lipinski definition) is 2. The fraction of sp³-hybridized carbons (Fsp3) is 0.100. The van der Waals surface area contributed by atoms with E-state index in [0.717, 1.165) is 28.4 Å². The monoisotopic (exact) mass is 529 g/mol. The van der Waals surface area contributed by atoms with E-state index < -0.39 is 34.8 Å². The van der Waals surface area contributed by atoms with Crippen molar-refractivity contribution in [2.75, 3.05) is 5.32 Å². The largest absolute Gasteiger partial charge is 0.491 e. The van der Waals surface area contributed by atoms with Crippen molar-refractivity contribution in [1.29, 1.82) is 0 Å². The summed E-state index contributed by atoms with van der Waals surface area (Å²) in [6, 6.07) is 5.57. The number of thiophene rings is 1. The minimum atomic E-state index is -2.90. The molecule has 3 N–H and O–H groups in total. The van der Waals surface area contributed by atoms with Gasteiger partial charge < -0.3 is 25.6 Å². The number of alkyl halides is 2. The first kappa shape index (κ1) is 23.7. The minimum Gasteiger partial charge on any atom is -0.464 e. The summed E-state index contributed by atoms with van der Waals surface area (Å²) in [6.07, 6.45) is 1.01. The predicted molar refractivity (Wildman–Crippen MR) is 123 cm³/mol. The van der Waals surface area contributed by atoms with E-state index in [4.69, 9.17) is 10.2 Å². The van der Waals surface area contributed by atoms with E-state index in [1.807, 2.05) is 0 Å². The zero-order valence-electron chi connectivity index (χ0n) is 18.2. The Bertz CT molecular complexity index is 1660. The molecule has 0 fully saturated rings. The molecule has 0 aliphatic rings. The number of anilines is 1. The lowest BCUT2D eigenvalue weighted by Crippen LogP contribution is -2.18. The summed E-state index contributed by atoms with van der Waals surface area (Å²) in [5.41, 5.74) is 5.04. The summed E-state index contributed by atoms with van der Waals surface area (Å²) in [5, 5.41) is 21.3. The molecule has 5 heterocycles. The van der Waals surface area contributed by atoms with E-state index in [0.29, 0.717) is 0 Å². The first-order chi connectivity index (χ1) is 17.7. The van der Waals surface area contributed by atoms with E-state index in [-0.39, 0.29) is 44.5 Å². The number of fused-ring (bicyclic) bond motifs is 1. The molecule has 0 aliphatic carbocycles. The number of nitrogens with one attached hydrogen (secondary N) is 1. The van der Waals surface area contributed by atoms with Crippen LogP contribution in [0.3, 0.4) is 0 Å². The highest BCUT2D eigenvalue weighted by Gasteiger charge is 2.26. The van der Waals surface area contributed by atoms with Gasteiger partial charge in [0.2, 0.25) is 6.33 Å². The van der Waals surface area contributed by atoms with Crippen LogP contribution in [-0.2, 0) is 6.67 Å². The van der Waals surface area contributed by atoms with E-state index in [1.165, 1.54) is 29.3 Å². The molecule has 0 aliphatic heterocycles. The first-order valence-electron chi connectivity index (χ1n) is 10.2. The molecule has 188 valence electrons. The summed E-state index contributed by atoms with van der Waals surface area (Å²) in [4.78, 5) is 42.6. The van der Waals surface area contributed by atoms with Gasteiger partial charge in [-0.2, -0.15) is 9.78 Å². The zero-order chi connectivity index (χ0) is 26.3. The number of furan rings is 1. The second kappa shape index (κ2) is 9.19. The van der Waals surface area contributed by atoms with Gasteiger partial charge in [0.1, 0.15) is 21.2 Å². The lowest BCUT2D eigenvalue weighted by molar-refractivity contribution is -0.394. The van der Waals surface area contributed by atoms with Gasteiger partial charge in [-0.1, -0.05) is 4.98 Å². The van der Waals surface area contributed by atoms with Crippen LogP contribution in [-0.4, -0.2) is 46.3 Å². The summed E-state index contributed by atoms with van der Waals surface area (Å²) < 4.78 is 34.8. The maximum atomic E-state index is 13.5. The van der Waals surface area contributed by atoms with Gasteiger partial charge in [-0.05, 0) is 29.2 Å². The number of pyridine rings is 1. The molecular weight excluding hydrogens is 516 g/mol. The van der Waals surface area contributed by atoms with Crippen LogP contribution in [0.25, 0.3) is 21.5 Å². The Balaban J connectivity index is 1.51. The smallest absolute Gasteiger partial charge is 0.464 e. The van der Waals surface area contributed by atoms with Gasteiger partial charge in [0.25, 0.3) is 18.2 Å². The number of aromatic nitrogens is 6. The average molecular weight is 529 g/mol. The fourth-order valence-electron chi connectivity index (χ4n) is 3.47. The third kappa shape index (κ3) is 4.49. The summed E-state index contributed by atoms with van der Waals surface area (Å²) in [7, 11) is 0. The van der Waals surface area contributed by atoms with Gasteiger partial charge in [-0.15, -0.1) is 11.3 Å². The quantitative estimate of drug-likeness (QED) is 0.225. The van der Waals surface area contributed by atoms with Crippen molar-refractivity contribution in [2.45, 2.75) is 13.1 Å². The highest BCUT2D eigenvalue weighted by molar-refractivity contribution is 7.21. The van der Waals surface area contributed by atoms with Crippen molar-refractivity contribution in [3.05, 3.63) is 69.4 Å². The molecule has 0 bridgehead atoms. The average Bonchev–Trinajstić information content (AvgIpc) is 3.65. The summed E-state index contributed by atoms with van der Waals surface area (Å²) in [5.74, 6) is -2.02. The Morgan fingerprint density at radius 1 is 1.27 bits per heavy atom. The van der Waals surface area contributed by atoms with E-state index in [1.54, 1.807) is 6.07 Å². The topological polar surface area (TPSA) is 190 Å². The normalized spacial score (nSPS) is 11.3. The Hall–Kier alpha value is -5.06. The van der Waals surface area contributed by atoms with Crippen LogP contribution in [0.2, 0.25) is 0 Å². The van der Waals surface area contributed by atoms with Crippen molar-refractivity contribution >= 4 is 45.0 Å². The van der Waals surface area contributed by atoms with Crippen LogP contribution >= 0.6 is 11.3 Å². The zero-order valence-corrected chi connectivity index (χ0v) is 19.1. The maximum absolute atomic E-state index is 13.5. The Morgan fingerprint density at radius 2 is 2.08 bits per heavy atom. The number of carbonyl (C=O) groups excluding carboxylic acids is 2. The van der Waals surface area contributed by atoms with Gasteiger partial charge in [-0.3, -0.25) is 9.59 Å². The van der Waals surface area contributed by atoms with Gasteiger partial charge in [0, 0.05) is 22.2 Å². The molecule has 5 rings (SSSR count). The Labute approximate surface area is 207 Å². The second-order valence-electron chi connectivity index (χ2n) is 7.40. The number of amides is 2. The maximum Gasteiger partial charge on any atom is 0.491 e. The SMILES string of the molecule is NC(=O)c1sc2nc(C(F)F)cc(-c3ccco3)c2c1NC(=O)c1ccn(Cn2cnc([N+](=O)[O-])n2)n1. The van der Waals surface area contributed by atoms with Crippen LogP contribution in [0.1, 0.15) is 32.3 Å². The number of nitrogens with two attached hydrogens (primary N) is 1. The summed E-state index contributed by atoms with van der Waals surface area (Å²) in [6.45, 7) is -0.0784. The molecule has 5 aromatic rings. The molecule has 0 atom stereocenters. The number of nitro groups is 1. The van der Waals surface area contributed by atoms with Crippen LogP contribution in [0.4, 0.5) is 20.4 Å². The molecule has 0 aromatic carbocycles. The molecule has 2 amide bonds. The molecular formula is C20H13F2N9O5S. The minimum absolute atomic E-state index is 0.0290. The standard InChI is InChI=1S/C20H13F2N9O5S/c21-16(22)11-6-9(12-2-1-5-36-12)13-14(15(17(23)32)37-19(13)25-11)26-18(33)10-3-4-29(27-10)8-30-7-24-20(28-30)31(34)35/h1-7,16H,8H2,(H2,23,32)(H,26,33). The van der Waals surface area contributed by atoms with Crippen molar-refractivity contribution in [1.82, 2.24) is 29.5 Å². The molecule has 0 spiro atoms. The highest BCUT2D eigenvalue weighted by Crippen LogP contribution is 2.42. The van der Waals surface area contributed by atoms with Crippen LogP contribution < -0.4 is 11.1 Å². The number of halogens is 2. The van der Waals surface area contributed by atoms with Crippen LogP contribution in [0.5, 0.6) is 0 Å². The van der Waals surface area contributed by atoms with Crippen molar-refractivity contribution in [2.24, 2.45) is 5.73 Å². The van der Waals surface area contributed by atoms with Crippen LogP contribution in [0.15, 0.2) is 47.5 Å². The lowest BCUT2D eigenvalue weighted by atomic mass is 10.1. The highest BCUT2D eigenvalue weighted by atomic mass is 32.1. The Kier molecular flexibility index (Phi) is 5.88. The third-order valence-electron chi connectivity index (χ3n) is 5.01. The Morgan fingerprint density at radius 3 is 2.73 bits per heavy atom. The van der Waals surface area contributed by atoms with Crippen LogP contribution in [0, 0.1) is 10.1 Å². The van der Waals surface area contributed by atoms with E-state index >= 15 is 0 Å². The number of rotatable bonds is 8. The number of primary amides is 1. The van der Waals surface area contributed by atoms with Crippen molar-refractivity contribution in [3.8, 4) is 11.3 Å². The third-order valence-corrected chi connectivity index (χ3v) is 6.10. The molecule has 0 unspecified atom stereocenters. The van der Waals surface area contributed by atoms with Gasteiger partial charge in [0.05, 0.1) is 12.0 Å². The van der Waals surface area contributed by atoms with Gasteiger partial charge in [0.15, 0.2) is 12.4 Å². The molecule has 0 saturated carbocycles. The molecule has 0 radical (unpaired) electrons. The predicted octanol–water partition coefficient (Wildman–Crippen LogP) is 3.05. The van der Waals surface area contributed by atoms with Gasteiger partial charge >= 0.3 is 5.95 Å². The first-order valence-corrected chi connectivity index (χ1v) is 11.0. The fourth-order valence-corrected chi connectivity index (χ4v) is 4.49. The van der Waals surface area contributed by atoms with Crippen molar-refractivity contribution < 1.29 is 27.7 Å². The summed E-state index contributed by atoms with van der Waals surface area (Å²) >= 11 is 0.749. The van der Waals surface area contributed by atoms with Gasteiger partial charge in [-0.25, -0.2) is 18.4 Å². The number of nitrogens with zero attached hydrogens (tertiary/aromatic N) is 7. The van der Waals surface area contributed by atoms with Crippen molar-refractivity contribution in [3.63, 3.8) is 0 Å². The molecule has 0 saturated heterocycles. The molecule has 37 heavy (non-hydrogen) atoms. The van der Waals surface area contributed by atoms with E-state index in [9.17, 15) is 28.5 Å². The lowest BCUT2D eigenvalue weighted by Gasteiger charge is -2.09. The second-order valence-corrected chi connectivity index (χ2v) is 8.40. The van der Waals surface area contributed by atoms with E-state index in [2.05, 4.69) is 25.5 Å². The molecule has 5 aromatic heterocycles. The number of hydrogen-bond acceptors (Lipinski definition) is 10.